The highest BCUT2D eigenvalue weighted by Gasteiger charge is 2.26. The number of benzene rings is 2. The van der Waals surface area contributed by atoms with Crippen molar-refractivity contribution in [1.82, 2.24) is 0 Å². The van der Waals surface area contributed by atoms with Crippen LogP contribution in [0.4, 0.5) is 10.1 Å². The van der Waals surface area contributed by atoms with Gasteiger partial charge in [0.25, 0.3) is 0 Å². The summed E-state index contributed by atoms with van der Waals surface area (Å²) < 4.78 is 19.7. The number of rotatable bonds is 3. The zero-order valence-corrected chi connectivity index (χ0v) is 12.7. The monoisotopic (exact) mass is 349 g/mol. The van der Waals surface area contributed by atoms with E-state index in [9.17, 15) is 9.18 Å². The summed E-state index contributed by atoms with van der Waals surface area (Å²) >= 11 is 3.33. The van der Waals surface area contributed by atoms with Crippen molar-refractivity contribution in [3.05, 3.63) is 58.3 Å². The lowest BCUT2D eigenvalue weighted by Gasteiger charge is -2.26. The average molecular weight is 350 g/mol. The van der Waals surface area contributed by atoms with Gasteiger partial charge in [-0.1, -0.05) is 28.1 Å². The fraction of sp³-hybridized carbons (Fsp3) is 0.188. The topological polar surface area (TPSA) is 38.3 Å². The standard InChI is InChI=1S/C16H13BrFNO2/c17-12-6-5-11(18)7-10(12)8-14(20)16-9-19-13-3-1-2-4-15(13)21-16/h1-7,16,19H,8-9H2. The number of fused-ring (bicyclic) bond motifs is 1. The fourth-order valence-corrected chi connectivity index (χ4v) is 2.66. The SMILES string of the molecule is O=C(Cc1cc(F)ccc1Br)C1CNc2ccccc2O1. The Kier molecular flexibility index (Phi) is 3.92. The molecule has 0 saturated heterocycles. The Morgan fingerprint density at radius 2 is 2.14 bits per heavy atom. The molecule has 1 unspecified atom stereocenters. The summed E-state index contributed by atoms with van der Waals surface area (Å²) in [6, 6.07) is 11.8. The van der Waals surface area contributed by atoms with Gasteiger partial charge in [-0.3, -0.25) is 4.79 Å². The van der Waals surface area contributed by atoms with Crippen LogP contribution < -0.4 is 10.1 Å². The van der Waals surface area contributed by atoms with Gasteiger partial charge in [-0.15, -0.1) is 0 Å². The Morgan fingerprint density at radius 3 is 3.00 bits per heavy atom. The van der Waals surface area contributed by atoms with Crippen LogP contribution in [0.25, 0.3) is 0 Å². The maximum Gasteiger partial charge on any atom is 0.179 e. The number of carbonyl (C=O) groups is 1. The van der Waals surface area contributed by atoms with Crippen molar-refractivity contribution in [3.63, 3.8) is 0 Å². The Morgan fingerprint density at radius 1 is 1.33 bits per heavy atom. The number of hydrogen-bond acceptors (Lipinski definition) is 3. The maximum atomic E-state index is 13.3. The van der Waals surface area contributed by atoms with Crippen molar-refractivity contribution in [1.29, 1.82) is 0 Å². The highest BCUT2D eigenvalue weighted by molar-refractivity contribution is 9.10. The summed E-state index contributed by atoms with van der Waals surface area (Å²) in [5, 5.41) is 3.17. The van der Waals surface area contributed by atoms with Gasteiger partial charge in [-0.25, -0.2) is 4.39 Å². The number of nitrogens with one attached hydrogen (secondary N) is 1. The fourth-order valence-electron chi connectivity index (χ4n) is 2.27. The van der Waals surface area contributed by atoms with E-state index in [0.717, 1.165) is 10.2 Å². The predicted molar refractivity (Wildman–Crippen MR) is 82.2 cm³/mol. The molecular weight excluding hydrogens is 337 g/mol. The van der Waals surface area contributed by atoms with Crippen LogP contribution in [-0.2, 0) is 11.2 Å². The molecule has 0 saturated carbocycles. The lowest BCUT2D eigenvalue weighted by Crippen LogP contribution is -2.38. The van der Waals surface area contributed by atoms with Gasteiger partial charge in [-0.2, -0.15) is 0 Å². The summed E-state index contributed by atoms with van der Waals surface area (Å²) in [4.78, 5) is 12.3. The van der Waals surface area contributed by atoms with Crippen molar-refractivity contribution >= 4 is 27.4 Å². The summed E-state index contributed by atoms with van der Waals surface area (Å²) in [5.74, 6) is 0.234. The van der Waals surface area contributed by atoms with E-state index in [1.54, 1.807) is 6.07 Å². The molecule has 3 rings (SSSR count). The molecule has 1 aliphatic heterocycles. The van der Waals surface area contributed by atoms with E-state index < -0.39 is 6.10 Å². The maximum absolute atomic E-state index is 13.3. The number of Topliss-reactive ketones (excluding diaryl/α,β-unsaturated/α-hetero) is 1. The number of para-hydroxylation sites is 2. The van der Waals surface area contributed by atoms with Crippen LogP contribution in [-0.4, -0.2) is 18.4 Å². The summed E-state index contributed by atoms with van der Waals surface area (Å²) in [5.41, 5.74) is 1.51. The van der Waals surface area contributed by atoms with Gasteiger partial charge in [0.1, 0.15) is 11.6 Å². The van der Waals surface area contributed by atoms with Gasteiger partial charge in [-0.05, 0) is 35.9 Å². The lowest BCUT2D eigenvalue weighted by atomic mass is 10.0. The largest absolute Gasteiger partial charge is 0.479 e. The second kappa shape index (κ2) is 5.85. The van der Waals surface area contributed by atoms with E-state index >= 15 is 0 Å². The molecular formula is C16H13BrFNO2. The van der Waals surface area contributed by atoms with Gasteiger partial charge in [0.2, 0.25) is 0 Å². The van der Waals surface area contributed by atoms with Crippen molar-refractivity contribution in [2.45, 2.75) is 12.5 Å². The van der Waals surface area contributed by atoms with Crippen molar-refractivity contribution in [2.24, 2.45) is 0 Å². The van der Waals surface area contributed by atoms with Gasteiger partial charge in [0.05, 0.1) is 12.2 Å². The molecule has 5 heteroatoms. The first kappa shape index (κ1) is 14.1. The van der Waals surface area contributed by atoms with Crippen molar-refractivity contribution in [3.8, 4) is 5.75 Å². The molecule has 0 spiro atoms. The molecule has 2 aromatic carbocycles. The van der Waals surface area contributed by atoms with E-state index in [-0.39, 0.29) is 18.0 Å². The van der Waals surface area contributed by atoms with Crippen LogP contribution >= 0.6 is 15.9 Å². The van der Waals surface area contributed by atoms with E-state index in [2.05, 4.69) is 21.2 Å². The molecule has 0 radical (unpaired) electrons. The zero-order chi connectivity index (χ0) is 14.8. The van der Waals surface area contributed by atoms with Gasteiger partial charge < -0.3 is 10.1 Å². The van der Waals surface area contributed by atoms with Gasteiger partial charge in [0, 0.05) is 10.9 Å². The first-order valence-electron chi connectivity index (χ1n) is 6.59. The molecule has 2 aromatic rings. The lowest BCUT2D eigenvalue weighted by molar-refractivity contribution is -0.124. The number of ketones is 1. The van der Waals surface area contributed by atoms with Crippen molar-refractivity contribution in [2.75, 3.05) is 11.9 Å². The predicted octanol–water partition coefficient (Wildman–Crippen LogP) is 3.57. The van der Waals surface area contributed by atoms with Crippen LogP contribution in [0.2, 0.25) is 0 Å². The molecule has 1 aliphatic rings. The van der Waals surface area contributed by atoms with Crippen LogP contribution in [0.5, 0.6) is 5.75 Å². The number of carbonyl (C=O) groups excluding carboxylic acids is 1. The summed E-state index contributed by atoms with van der Waals surface area (Å²) in [7, 11) is 0. The third-order valence-electron chi connectivity index (χ3n) is 3.37. The first-order chi connectivity index (χ1) is 10.1. The second-order valence-electron chi connectivity index (χ2n) is 4.86. The molecule has 1 atom stereocenters. The van der Waals surface area contributed by atoms with Gasteiger partial charge >= 0.3 is 0 Å². The van der Waals surface area contributed by atoms with Crippen LogP contribution in [0.3, 0.4) is 0 Å². The normalized spacial score (nSPS) is 16.6. The molecule has 0 amide bonds. The smallest absolute Gasteiger partial charge is 0.179 e. The number of ether oxygens (including phenoxy) is 1. The number of halogens is 2. The minimum atomic E-state index is -0.560. The molecule has 108 valence electrons. The molecule has 21 heavy (non-hydrogen) atoms. The Labute approximate surface area is 130 Å². The number of hydrogen-bond donors (Lipinski definition) is 1. The first-order valence-corrected chi connectivity index (χ1v) is 7.39. The highest BCUT2D eigenvalue weighted by Crippen LogP contribution is 2.29. The van der Waals surface area contributed by atoms with Crippen molar-refractivity contribution < 1.29 is 13.9 Å². The minimum absolute atomic E-state index is 0.0803. The van der Waals surface area contributed by atoms with Crippen LogP contribution in [0, 0.1) is 5.82 Å². The Bertz CT molecular complexity index is 690. The molecule has 0 fully saturated rings. The molecule has 0 bridgehead atoms. The minimum Gasteiger partial charge on any atom is -0.479 e. The quantitative estimate of drug-likeness (QED) is 0.920. The summed E-state index contributed by atoms with van der Waals surface area (Å²) in [6.07, 6.45) is -0.428. The second-order valence-corrected chi connectivity index (χ2v) is 5.72. The Hall–Kier alpha value is -1.88. The third kappa shape index (κ3) is 3.08. The molecule has 1 heterocycles. The van der Waals surface area contributed by atoms with Crippen LogP contribution in [0.1, 0.15) is 5.56 Å². The zero-order valence-electron chi connectivity index (χ0n) is 11.1. The number of anilines is 1. The highest BCUT2D eigenvalue weighted by atomic mass is 79.9. The molecule has 0 aromatic heterocycles. The third-order valence-corrected chi connectivity index (χ3v) is 4.14. The summed E-state index contributed by atoms with van der Waals surface area (Å²) in [6.45, 7) is 0.419. The van der Waals surface area contributed by atoms with E-state index in [4.69, 9.17) is 4.74 Å². The van der Waals surface area contributed by atoms with Gasteiger partial charge in [0.15, 0.2) is 11.9 Å². The molecule has 1 N–H and O–H groups in total. The average Bonchev–Trinajstić information content (AvgIpc) is 2.50. The van der Waals surface area contributed by atoms with E-state index in [1.165, 1.54) is 12.1 Å². The Balaban J connectivity index is 1.74. The van der Waals surface area contributed by atoms with E-state index in [1.807, 2.05) is 24.3 Å². The molecule has 3 nitrogen and oxygen atoms in total. The molecule has 0 aliphatic carbocycles. The van der Waals surface area contributed by atoms with E-state index in [0.29, 0.717) is 17.9 Å². The van der Waals surface area contributed by atoms with Crippen LogP contribution in [0.15, 0.2) is 46.9 Å².